The molecule has 0 spiro atoms. The predicted molar refractivity (Wildman–Crippen MR) is 37.4 cm³/mol. The van der Waals surface area contributed by atoms with Crippen molar-refractivity contribution in [2.45, 2.75) is 0 Å². The van der Waals surface area contributed by atoms with Gasteiger partial charge in [-0.25, -0.2) is 0 Å². The van der Waals surface area contributed by atoms with E-state index in [9.17, 15) is 0 Å². The Hall–Kier alpha value is -2.21. The van der Waals surface area contributed by atoms with Crippen molar-refractivity contribution < 1.29 is 0 Å². The van der Waals surface area contributed by atoms with Crippen LogP contribution in [0.3, 0.4) is 0 Å². The van der Waals surface area contributed by atoms with E-state index in [2.05, 4.69) is 30.7 Å². The number of rotatable bonds is 1. The quantitative estimate of drug-likeness (QED) is 0.345. The lowest BCUT2D eigenvalue weighted by atomic mass is 10.5. The van der Waals surface area contributed by atoms with Crippen LogP contribution >= 0.6 is 0 Å². The highest BCUT2D eigenvalue weighted by molar-refractivity contribution is 5.38. The van der Waals surface area contributed by atoms with Crippen molar-refractivity contribution >= 4 is 11.5 Å². The molecule has 0 saturated heterocycles. The zero-order chi connectivity index (χ0) is 8.39. The van der Waals surface area contributed by atoms with Crippen molar-refractivity contribution in [3.05, 3.63) is 22.6 Å². The van der Waals surface area contributed by atoms with Crippen LogP contribution in [0.1, 0.15) is 0 Å². The third kappa shape index (κ3) is 0.917. The highest BCUT2D eigenvalue weighted by Gasteiger charge is 1.97. The van der Waals surface area contributed by atoms with Gasteiger partial charge in [-0.05, 0) is 33.2 Å². The van der Waals surface area contributed by atoms with Crippen molar-refractivity contribution in [2.75, 3.05) is 0 Å². The zero-order valence-corrected chi connectivity index (χ0v) is 5.73. The summed E-state index contributed by atoms with van der Waals surface area (Å²) in [5.74, 6) is 0.234. The van der Waals surface area contributed by atoms with Gasteiger partial charge in [0.2, 0.25) is 0 Å². The number of nitrogens with zero attached hydrogens (tertiary/aromatic N) is 8. The summed E-state index contributed by atoms with van der Waals surface area (Å²) in [5.41, 5.74) is 8.61. The minimum Gasteiger partial charge on any atom is -0.145 e. The molecule has 0 N–H and O–H groups in total. The van der Waals surface area contributed by atoms with E-state index in [1.54, 1.807) is 6.07 Å². The number of aromatic nitrogens is 5. The van der Waals surface area contributed by atoms with Crippen molar-refractivity contribution in [3.63, 3.8) is 0 Å². The average Bonchev–Trinajstić information content (AvgIpc) is 2.51. The second kappa shape index (κ2) is 2.44. The molecule has 0 aliphatic rings. The monoisotopic (exact) mass is 162 g/mol. The van der Waals surface area contributed by atoms with Crippen LogP contribution in [0.5, 0.6) is 0 Å². The number of hydrogen-bond donors (Lipinski definition) is 0. The predicted octanol–water partition coefficient (Wildman–Crippen LogP) is 0.461. The first-order valence-corrected chi connectivity index (χ1v) is 3.01. The molecule has 0 saturated carbocycles. The summed E-state index contributed by atoms with van der Waals surface area (Å²) in [6, 6.07) is 3.14. The molecule has 8 heteroatoms. The SMILES string of the molecule is [N-]=[N+]=Nc1ccc2nnnn2n1. The molecule has 8 nitrogen and oxygen atoms in total. The molecule has 2 aromatic rings. The maximum Gasteiger partial charge on any atom is 0.199 e. The number of azide groups is 1. The Bertz CT molecular complexity index is 451. The van der Waals surface area contributed by atoms with E-state index in [1.807, 2.05) is 0 Å². The lowest BCUT2D eigenvalue weighted by molar-refractivity contribution is 0.734. The van der Waals surface area contributed by atoms with Crippen molar-refractivity contribution in [2.24, 2.45) is 5.11 Å². The highest BCUT2D eigenvalue weighted by Crippen LogP contribution is 2.06. The Labute approximate surface area is 65.4 Å². The fourth-order valence-corrected chi connectivity index (χ4v) is 0.739. The van der Waals surface area contributed by atoms with E-state index in [4.69, 9.17) is 5.53 Å². The molecule has 58 valence electrons. The number of tetrazole rings is 1. The summed E-state index contributed by atoms with van der Waals surface area (Å²) in [6.45, 7) is 0. The first-order valence-electron chi connectivity index (χ1n) is 3.01. The Kier molecular flexibility index (Phi) is 1.32. The summed E-state index contributed by atoms with van der Waals surface area (Å²) in [6.07, 6.45) is 0. The molecule has 0 radical (unpaired) electrons. The first kappa shape index (κ1) is 6.50. The van der Waals surface area contributed by atoms with Gasteiger partial charge in [0.15, 0.2) is 5.65 Å². The van der Waals surface area contributed by atoms with Gasteiger partial charge in [-0.1, -0.05) is 0 Å². The van der Waals surface area contributed by atoms with Gasteiger partial charge in [-0.3, -0.25) is 0 Å². The molecule has 0 aliphatic heterocycles. The van der Waals surface area contributed by atoms with Crippen LogP contribution in [0.2, 0.25) is 0 Å². The summed E-state index contributed by atoms with van der Waals surface area (Å²) in [7, 11) is 0. The highest BCUT2D eigenvalue weighted by atomic mass is 15.6. The van der Waals surface area contributed by atoms with Crippen LogP contribution in [0.4, 0.5) is 5.82 Å². The molecule has 2 rings (SSSR count). The molecular formula is C4H2N8. The van der Waals surface area contributed by atoms with E-state index in [-0.39, 0.29) is 5.82 Å². The molecule has 0 fully saturated rings. The Morgan fingerprint density at radius 2 is 2.42 bits per heavy atom. The van der Waals surface area contributed by atoms with E-state index in [0.29, 0.717) is 5.65 Å². The molecule has 0 bridgehead atoms. The standard InChI is InChI=1S/C4H2N8/c5-9-6-3-1-2-4-7-10-11-12(4)8-3/h1-2H. The number of hydrogen-bond acceptors (Lipinski definition) is 5. The molecule has 0 unspecified atom stereocenters. The van der Waals surface area contributed by atoms with Crippen LogP contribution in [-0.2, 0) is 0 Å². The van der Waals surface area contributed by atoms with Crippen molar-refractivity contribution in [1.82, 2.24) is 25.3 Å². The van der Waals surface area contributed by atoms with Crippen LogP contribution in [0.25, 0.3) is 16.1 Å². The van der Waals surface area contributed by atoms with Gasteiger partial charge in [0.05, 0.1) is 0 Å². The van der Waals surface area contributed by atoms with E-state index < -0.39 is 0 Å². The fraction of sp³-hybridized carbons (Fsp3) is 0. The smallest absolute Gasteiger partial charge is 0.145 e. The topological polar surface area (TPSA) is 105 Å². The fourth-order valence-electron chi connectivity index (χ4n) is 0.739. The Morgan fingerprint density at radius 1 is 1.50 bits per heavy atom. The van der Waals surface area contributed by atoms with Gasteiger partial charge >= 0.3 is 0 Å². The summed E-state index contributed by atoms with van der Waals surface area (Å²) in [4.78, 5) is 2.58. The van der Waals surface area contributed by atoms with Gasteiger partial charge in [0.25, 0.3) is 0 Å². The number of fused-ring (bicyclic) bond motifs is 1. The molecule has 0 aliphatic carbocycles. The van der Waals surface area contributed by atoms with E-state index in [1.165, 1.54) is 10.7 Å². The van der Waals surface area contributed by atoms with Gasteiger partial charge in [-0.15, -0.1) is 14.8 Å². The molecule has 0 aromatic carbocycles. The minimum atomic E-state index is 0.234. The average molecular weight is 162 g/mol. The second-order valence-electron chi connectivity index (χ2n) is 1.91. The Balaban J connectivity index is 2.67. The van der Waals surface area contributed by atoms with Crippen LogP contribution in [-0.4, -0.2) is 25.3 Å². The normalized spacial score (nSPS) is 9.67. The van der Waals surface area contributed by atoms with E-state index >= 15 is 0 Å². The lowest BCUT2D eigenvalue weighted by Crippen LogP contribution is -1.92. The molecule has 2 aromatic heterocycles. The van der Waals surface area contributed by atoms with Crippen LogP contribution < -0.4 is 0 Å². The van der Waals surface area contributed by atoms with Gasteiger partial charge in [0.1, 0.15) is 5.82 Å². The molecule has 0 amide bonds. The molecule has 0 atom stereocenters. The van der Waals surface area contributed by atoms with Gasteiger partial charge in [0, 0.05) is 4.91 Å². The molecule has 12 heavy (non-hydrogen) atoms. The maximum atomic E-state index is 8.10. The van der Waals surface area contributed by atoms with Crippen molar-refractivity contribution in [3.8, 4) is 0 Å². The maximum absolute atomic E-state index is 8.10. The summed E-state index contributed by atoms with van der Waals surface area (Å²) in [5, 5.41) is 17.6. The third-order valence-corrected chi connectivity index (χ3v) is 1.20. The largest absolute Gasteiger partial charge is 0.199 e. The van der Waals surface area contributed by atoms with E-state index in [0.717, 1.165) is 0 Å². The summed E-state index contributed by atoms with van der Waals surface area (Å²) < 4.78 is 1.18. The second-order valence-corrected chi connectivity index (χ2v) is 1.91. The molecule has 2 heterocycles. The van der Waals surface area contributed by atoms with Crippen LogP contribution in [0.15, 0.2) is 17.2 Å². The van der Waals surface area contributed by atoms with Crippen LogP contribution in [0, 0.1) is 0 Å². The first-order chi connectivity index (χ1) is 5.90. The third-order valence-electron chi connectivity index (χ3n) is 1.20. The zero-order valence-electron chi connectivity index (χ0n) is 5.73. The van der Waals surface area contributed by atoms with Crippen molar-refractivity contribution in [1.29, 1.82) is 0 Å². The summed E-state index contributed by atoms with van der Waals surface area (Å²) >= 11 is 0. The molecular weight excluding hydrogens is 160 g/mol. The van der Waals surface area contributed by atoms with Gasteiger partial charge < -0.3 is 0 Å². The van der Waals surface area contributed by atoms with Gasteiger partial charge in [-0.2, -0.15) is 0 Å². The minimum absolute atomic E-state index is 0.234. The lowest BCUT2D eigenvalue weighted by Gasteiger charge is -1.88. The Morgan fingerprint density at radius 3 is 3.25 bits per heavy atom.